The summed E-state index contributed by atoms with van der Waals surface area (Å²) in [7, 11) is 1.52. The van der Waals surface area contributed by atoms with Crippen LogP contribution < -0.4 is 10.1 Å². The number of methoxy groups -OCH3 is 1. The lowest BCUT2D eigenvalue weighted by molar-refractivity contribution is 0.102. The van der Waals surface area contributed by atoms with Crippen molar-refractivity contribution in [2.24, 2.45) is 0 Å². The number of fused-ring (bicyclic) bond motifs is 1. The molecule has 1 aromatic heterocycles. The van der Waals surface area contributed by atoms with Crippen molar-refractivity contribution in [3.05, 3.63) is 73.6 Å². The second-order valence-electron chi connectivity index (χ2n) is 6.79. The summed E-state index contributed by atoms with van der Waals surface area (Å²) >= 11 is 13.2. The average molecular weight is 565 g/mol. The highest BCUT2D eigenvalue weighted by atomic mass is 79.9. The van der Waals surface area contributed by atoms with Gasteiger partial charge in [-0.1, -0.05) is 40.5 Å². The third-order valence-electron chi connectivity index (χ3n) is 4.77. The van der Waals surface area contributed by atoms with Gasteiger partial charge in [-0.2, -0.15) is 0 Å². The number of aromatic nitrogens is 1. The number of nitrogens with one attached hydrogen (secondary N) is 1. The molecule has 0 aliphatic carbocycles. The minimum atomic E-state index is -0.322. The fourth-order valence-corrected chi connectivity index (χ4v) is 4.80. The molecule has 158 valence electrons. The zero-order valence-electron chi connectivity index (χ0n) is 16.6. The van der Waals surface area contributed by atoms with Crippen LogP contribution >= 0.6 is 43.5 Å². The van der Waals surface area contributed by atoms with Gasteiger partial charge in [0.2, 0.25) is 5.89 Å². The molecule has 0 saturated heterocycles. The molecule has 1 N–H and O–H groups in total. The van der Waals surface area contributed by atoms with Crippen LogP contribution in [0.25, 0.3) is 22.6 Å². The smallest absolute Gasteiger partial charge is 0.259 e. The number of hydrogen-bond donors (Lipinski definition) is 1. The fourth-order valence-electron chi connectivity index (χ4n) is 3.21. The molecule has 0 bridgehead atoms. The van der Waals surface area contributed by atoms with Crippen molar-refractivity contribution in [3.8, 4) is 17.2 Å². The van der Waals surface area contributed by atoms with E-state index in [1.165, 1.54) is 12.7 Å². The topological polar surface area (TPSA) is 64.4 Å². The van der Waals surface area contributed by atoms with Gasteiger partial charge in [0, 0.05) is 10.2 Å². The Bertz CT molecular complexity index is 1300. The first kappa shape index (κ1) is 21.9. The fraction of sp³-hybridized carbons (Fsp3) is 0.130. The maximum absolute atomic E-state index is 12.9. The Kier molecular flexibility index (Phi) is 6.36. The average Bonchev–Trinajstić information content (AvgIpc) is 3.17. The highest BCUT2D eigenvalue weighted by molar-refractivity contribution is 9.11. The predicted molar refractivity (Wildman–Crippen MR) is 130 cm³/mol. The normalized spacial score (nSPS) is 11.0. The number of ether oxygens (including phenoxy) is 1. The van der Waals surface area contributed by atoms with Gasteiger partial charge in [-0.05, 0) is 70.4 Å². The van der Waals surface area contributed by atoms with Crippen molar-refractivity contribution in [1.82, 2.24) is 4.98 Å². The monoisotopic (exact) mass is 562 g/mol. The molecule has 8 heteroatoms. The molecular weight excluding hydrogens is 548 g/mol. The molecule has 31 heavy (non-hydrogen) atoms. The van der Waals surface area contributed by atoms with Crippen LogP contribution in [0, 0.1) is 0 Å². The van der Waals surface area contributed by atoms with Crippen LogP contribution in [0.15, 0.2) is 61.9 Å². The number of aryl methyl sites for hydroxylation is 1. The van der Waals surface area contributed by atoms with Crippen molar-refractivity contribution < 1.29 is 13.9 Å². The molecule has 1 heterocycles. The van der Waals surface area contributed by atoms with Gasteiger partial charge in [0.1, 0.15) is 11.3 Å². The number of oxazole rings is 1. The van der Waals surface area contributed by atoms with Gasteiger partial charge in [-0.15, -0.1) is 0 Å². The number of amides is 1. The maximum Gasteiger partial charge on any atom is 0.259 e. The lowest BCUT2D eigenvalue weighted by Gasteiger charge is -2.12. The molecule has 0 saturated carbocycles. The number of rotatable bonds is 5. The Hall–Kier alpha value is -2.35. The van der Waals surface area contributed by atoms with Gasteiger partial charge >= 0.3 is 0 Å². The van der Waals surface area contributed by atoms with Crippen molar-refractivity contribution in [1.29, 1.82) is 0 Å². The van der Waals surface area contributed by atoms with Crippen LogP contribution in [0.2, 0.25) is 5.02 Å². The van der Waals surface area contributed by atoms with Crippen LogP contribution in [-0.4, -0.2) is 18.0 Å². The van der Waals surface area contributed by atoms with Crippen LogP contribution in [0.4, 0.5) is 5.69 Å². The largest absolute Gasteiger partial charge is 0.495 e. The zero-order chi connectivity index (χ0) is 22.1. The van der Waals surface area contributed by atoms with E-state index < -0.39 is 0 Å². The van der Waals surface area contributed by atoms with E-state index in [1.807, 2.05) is 24.3 Å². The van der Waals surface area contributed by atoms with E-state index in [1.54, 1.807) is 24.3 Å². The molecule has 0 unspecified atom stereocenters. The Labute approximate surface area is 201 Å². The van der Waals surface area contributed by atoms with Crippen LogP contribution in [-0.2, 0) is 6.42 Å². The van der Waals surface area contributed by atoms with Crippen molar-refractivity contribution in [3.63, 3.8) is 0 Å². The summed E-state index contributed by atoms with van der Waals surface area (Å²) in [6, 6.07) is 14.6. The summed E-state index contributed by atoms with van der Waals surface area (Å²) in [6.45, 7) is 2.09. The lowest BCUT2D eigenvalue weighted by atomic mass is 10.1. The number of carbonyl (C=O) groups excluding carboxylic acids is 1. The standard InChI is InChI=1S/C23H17Br2ClN2O3/c1-3-12-4-7-20-19(8-12)28-23(31-20)15-11-14(5-6-18(15)26)27-22(29)16-9-13(24)10-17(25)21(16)30-2/h4-11H,3H2,1-2H3,(H,27,29). The van der Waals surface area contributed by atoms with Crippen molar-refractivity contribution in [2.45, 2.75) is 13.3 Å². The molecule has 0 atom stereocenters. The lowest BCUT2D eigenvalue weighted by Crippen LogP contribution is -2.13. The number of anilines is 1. The summed E-state index contributed by atoms with van der Waals surface area (Å²) in [5, 5.41) is 3.36. The first-order chi connectivity index (χ1) is 14.9. The first-order valence-corrected chi connectivity index (χ1v) is 11.4. The van der Waals surface area contributed by atoms with Gasteiger partial charge in [-0.3, -0.25) is 4.79 Å². The van der Waals surface area contributed by atoms with Crippen molar-refractivity contribution >= 4 is 66.2 Å². The van der Waals surface area contributed by atoms with Crippen LogP contribution in [0.1, 0.15) is 22.8 Å². The molecule has 5 nitrogen and oxygen atoms in total. The minimum absolute atomic E-state index is 0.322. The summed E-state index contributed by atoms with van der Waals surface area (Å²) < 4.78 is 12.7. The van der Waals surface area contributed by atoms with E-state index in [0.29, 0.717) is 43.5 Å². The van der Waals surface area contributed by atoms with E-state index in [2.05, 4.69) is 49.1 Å². The second-order valence-corrected chi connectivity index (χ2v) is 8.97. The van der Waals surface area contributed by atoms with Crippen LogP contribution in [0.3, 0.4) is 0 Å². The third-order valence-corrected chi connectivity index (χ3v) is 6.15. The number of benzene rings is 3. The molecule has 1 amide bonds. The van der Waals surface area contributed by atoms with E-state index in [9.17, 15) is 4.79 Å². The number of carbonyl (C=O) groups is 1. The predicted octanol–water partition coefficient (Wildman–Crippen LogP) is 7.50. The maximum atomic E-state index is 12.9. The van der Waals surface area contributed by atoms with E-state index in [4.69, 9.17) is 20.8 Å². The molecule has 0 fully saturated rings. The summed E-state index contributed by atoms with van der Waals surface area (Å²) in [4.78, 5) is 17.5. The Balaban J connectivity index is 1.68. The van der Waals surface area contributed by atoms with E-state index in [-0.39, 0.29) is 5.91 Å². The van der Waals surface area contributed by atoms with Gasteiger partial charge in [0.15, 0.2) is 5.58 Å². The molecule has 0 spiro atoms. The summed E-state index contributed by atoms with van der Waals surface area (Å²) in [6.07, 6.45) is 0.912. The Morgan fingerprint density at radius 3 is 2.71 bits per heavy atom. The van der Waals surface area contributed by atoms with E-state index in [0.717, 1.165) is 16.4 Å². The minimum Gasteiger partial charge on any atom is -0.495 e. The Morgan fingerprint density at radius 2 is 1.97 bits per heavy atom. The summed E-state index contributed by atoms with van der Waals surface area (Å²) in [5.74, 6) is 0.518. The molecule has 4 rings (SSSR count). The Morgan fingerprint density at radius 1 is 1.16 bits per heavy atom. The third kappa shape index (κ3) is 4.49. The van der Waals surface area contributed by atoms with Crippen molar-refractivity contribution in [2.75, 3.05) is 12.4 Å². The highest BCUT2D eigenvalue weighted by Gasteiger charge is 2.18. The number of hydrogen-bond acceptors (Lipinski definition) is 4. The second kappa shape index (κ2) is 9.02. The highest BCUT2D eigenvalue weighted by Crippen LogP contribution is 2.35. The molecule has 0 aliphatic rings. The van der Waals surface area contributed by atoms with Gasteiger partial charge in [0.25, 0.3) is 5.91 Å². The summed E-state index contributed by atoms with van der Waals surface area (Å²) in [5.41, 5.74) is 4.16. The SMILES string of the molecule is CCc1ccc2oc(-c3cc(NC(=O)c4cc(Br)cc(Br)c4OC)ccc3Cl)nc2c1. The van der Waals surface area contributed by atoms with Gasteiger partial charge < -0.3 is 14.5 Å². The van der Waals surface area contributed by atoms with Gasteiger partial charge in [0.05, 0.1) is 27.7 Å². The quantitative estimate of drug-likeness (QED) is 0.273. The molecule has 4 aromatic rings. The molecule has 0 radical (unpaired) electrons. The first-order valence-electron chi connectivity index (χ1n) is 9.43. The zero-order valence-corrected chi connectivity index (χ0v) is 20.6. The number of nitrogens with zero attached hydrogens (tertiary/aromatic N) is 1. The van der Waals surface area contributed by atoms with Gasteiger partial charge in [-0.25, -0.2) is 4.98 Å². The molecule has 0 aliphatic heterocycles. The van der Waals surface area contributed by atoms with Crippen LogP contribution in [0.5, 0.6) is 5.75 Å². The van der Waals surface area contributed by atoms with E-state index >= 15 is 0 Å². The molecule has 3 aromatic carbocycles. The number of halogens is 3. The molecular formula is C23H17Br2ClN2O3.